The fourth-order valence-electron chi connectivity index (χ4n) is 1.80. The minimum absolute atomic E-state index is 0.677. The Labute approximate surface area is 104 Å². The third kappa shape index (κ3) is 10.7. The highest BCUT2D eigenvalue weighted by Crippen LogP contribution is 2.18. The molecule has 0 saturated heterocycles. The van der Waals surface area contributed by atoms with Gasteiger partial charge >= 0.3 is 0 Å². The molecule has 16 heavy (non-hydrogen) atoms. The largest absolute Gasteiger partial charge is 0.417 e. The van der Waals surface area contributed by atoms with Crippen LogP contribution in [0, 0.1) is 5.92 Å². The third-order valence-electron chi connectivity index (χ3n) is 2.94. The molecule has 0 fully saturated rings. The lowest BCUT2D eigenvalue weighted by Gasteiger charge is -2.24. The average Bonchev–Trinajstić information content (AvgIpc) is 2.21. The van der Waals surface area contributed by atoms with Gasteiger partial charge in [0.05, 0.1) is 0 Å². The summed E-state index contributed by atoms with van der Waals surface area (Å²) in [5.41, 5.74) is 0. The van der Waals surface area contributed by atoms with Gasteiger partial charge in [-0.05, 0) is 25.1 Å². The van der Waals surface area contributed by atoms with Gasteiger partial charge in [-0.25, -0.2) is 0 Å². The van der Waals surface area contributed by atoms with Crippen molar-refractivity contribution in [1.82, 2.24) is 0 Å². The second-order valence-electron chi connectivity index (χ2n) is 5.98. The van der Waals surface area contributed by atoms with Crippen LogP contribution in [0.2, 0.25) is 19.1 Å². The summed E-state index contributed by atoms with van der Waals surface area (Å²) in [6.45, 7) is 12.4. The number of unbranched alkanes of at least 4 members (excludes halogenated alkanes) is 5. The van der Waals surface area contributed by atoms with Gasteiger partial charge in [0.15, 0.2) is 8.32 Å². The van der Waals surface area contributed by atoms with Crippen LogP contribution < -0.4 is 0 Å². The van der Waals surface area contributed by atoms with Crippen molar-refractivity contribution in [2.24, 2.45) is 5.92 Å². The standard InChI is InChI=1S/C14H32OSi/c1-6-7-8-9-10-11-12-16(4,5)15-13-14(2)3/h14H,6-13H2,1-5H3. The van der Waals surface area contributed by atoms with Crippen molar-refractivity contribution in [2.45, 2.75) is 78.4 Å². The Bertz CT molecular complexity index is 155. The Morgan fingerprint density at radius 1 is 0.938 bits per heavy atom. The predicted octanol–water partition coefficient (Wildman–Crippen LogP) is 5.22. The lowest BCUT2D eigenvalue weighted by Crippen LogP contribution is -2.31. The summed E-state index contributed by atoms with van der Waals surface area (Å²) >= 11 is 0. The van der Waals surface area contributed by atoms with E-state index in [9.17, 15) is 0 Å². The molecular weight excluding hydrogens is 212 g/mol. The Morgan fingerprint density at radius 2 is 1.50 bits per heavy atom. The maximum atomic E-state index is 6.06. The Balaban J connectivity index is 3.42. The van der Waals surface area contributed by atoms with E-state index >= 15 is 0 Å². The monoisotopic (exact) mass is 244 g/mol. The highest BCUT2D eigenvalue weighted by atomic mass is 28.4. The van der Waals surface area contributed by atoms with E-state index in [0.717, 1.165) is 6.61 Å². The van der Waals surface area contributed by atoms with Crippen molar-refractivity contribution in [2.75, 3.05) is 6.61 Å². The molecule has 0 radical (unpaired) electrons. The van der Waals surface area contributed by atoms with Gasteiger partial charge < -0.3 is 4.43 Å². The number of hydrogen-bond acceptors (Lipinski definition) is 1. The van der Waals surface area contributed by atoms with Crippen molar-refractivity contribution in [3.05, 3.63) is 0 Å². The smallest absolute Gasteiger partial charge is 0.186 e. The van der Waals surface area contributed by atoms with Crippen molar-refractivity contribution in [3.63, 3.8) is 0 Å². The fourth-order valence-corrected chi connectivity index (χ4v) is 3.83. The van der Waals surface area contributed by atoms with Crippen LogP contribution in [-0.2, 0) is 4.43 Å². The molecule has 0 aromatic carbocycles. The minimum atomic E-state index is -1.33. The minimum Gasteiger partial charge on any atom is -0.417 e. The number of hydrogen-bond donors (Lipinski definition) is 0. The summed E-state index contributed by atoms with van der Waals surface area (Å²) < 4.78 is 6.06. The highest BCUT2D eigenvalue weighted by Gasteiger charge is 2.21. The molecule has 2 heteroatoms. The van der Waals surface area contributed by atoms with Gasteiger partial charge in [-0.1, -0.05) is 59.3 Å². The first-order valence-electron chi connectivity index (χ1n) is 7.12. The van der Waals surface area contributed by atoms with Gasteiger partial charge in [0.2, 0.25) is 0 Å². The first-order chi connectivity index (χ1) is 7.48. The zero-order chi connectivity index (χ0) is 12.4. The van der Waals surface area contributed by atoms with E-state index in [4.69, 9.17) is 4.43 Å². The highest BCUT2D eigenvalue weighted by molar-refractivity contribution is 6.71. The van der Waals surface area contributed by atoms with Gasteiger partial charge in [0.1, 0.15) is 0 Å². The maximum Gasteiger partial charge on any atom is 0.186 e. The third-order valence-corrected chi connectivity index (χ3v) is 5.45. The van der Waals surface area contributed by atoms with Crippen LogP contribution >= 0.6 is 0 Å². The van der Waals surface area contributed by atoms with E-state index in [0.29, 0.717) is 5.92 Å². The second-order valence-corrected chi connectivity index (χ2v) is 10.3. The molecule has 0 atom stereocenters. The summed E-state index contributed by atoms with van der Waals surface area (Å²) in [6.07, 6.45) is 8.37. The zero-order valence-electron chi connectivity index (χ0n) is 12.1. The predicted molar refractivity (Wildman–Crippen MR) is 76.5 cm³/mol. The van der Waals surface area contributed by atoms with Gasteiger partial charge in [0.25, 0.3) is 0 Å². The molecule has 0 amide bonds. The van der Waals surface area contributed by atoms with Crippen LogP contribution in [0.25, 0.3) is 0 Å². The van der Waals surface area contributed by atoms with Crippen LogP contribution in [0.1, 0.15) is 59.3 Å². The molecule has 0 bridgehead atoms. The van der Waals surface area contributed by atoms with Crippen molar-refractivity contribution < 1.29 is 4.43 Å². The van der Waals surface area contributed by atoms with Crippen molar-refractivity contribution >= 4 is 8.32 Å². The summed E-state index contributed by atoms with van der Waals surface area (Å²) in [7, 11) is -1.33. The summed E-state index contributed by atoms with van der Waals surface area (Å²) in [6, 6.07) is 1.34. The Kier molecular flexibility index (Phi) is 9.33. The molecule has 0 saturated carbocycles. The van der Waals surface area contributed by atoms with E-state index in [2.05, 4.69) is 33.9 Å². The van der Waals surface area contributed by atoms with Crippen LogP contribution in [0.5, 0.6) is 0 Å². The van der Waals surface area contributed by atoms with Gasteiger partial charge in [0, 0.05) is 6.61 Å². The molecule has 98 valence electrons. The first-order valence-corrected chi connectivity index (χ1v) is 10.2. The van der Waals surface area contributed by atoms with Crippen LogP contribution in [-0.4, -0.2) is 14.9 Å². The Morgan fingerprint density at radius 3 is 2.06 bits per heavy atom. The fraction of sp³-hybridized carbons (Fsp3) is 1.00. The van der Waals surface area contributed by atoms with E-state index in [1.54, 1.807) is 0 Å². The number of rotatable bonds is 10. The first kappa shape index (κ1) is 16.2. The zero-order valence-corrected chi connectivity index (χ0v) is 13.1. The molecule has 0 aliphatic carbocycles. The van der Waals surface area contributed by atoms with Crippen LogP contribution in [0.15, 0.2) is 0 Å². The maximum absolute atomic E-state index is 6.06. The van der Waals surface area contributed by atoms with E-state index < -0.39 is 8.32 Å². The van der Waals surface area contributed by atoms with E-state index in [1.807, 2.05) is 0 Å². The lowest BCUT2D eigenvalue weighted by atomic mass is 10.1. The van der Waals surface area contributed by atoms with Crippen LogP contribution in [0.3, 0.4) is 0 Å². The molecule has 0 aliphatic heterocycles. The summed E-state index contributed by atoms with van der Waals surface area (Å²) in [5, 5.41) is 0. The van der Waals surface area contributed by atoms with E-state index in [1.165, 1.54) is 44.6 Å². The molecule has 0 spiro atoms. The van der Waals surface area contributed by atoms with Crippen LogP contribution in [0.4, 0.5) is 0 Å². The van der Waals surface area contributed by atoms with Crippen molar-refractivity contribution in [3.8, 4) is 0 Å². The normalized spacial score (nSPS) is 12.4. The molecule has 0 rings (SSSR count). The summed E-state index contributed by atoms with van der Waals surface area (Å²) in [4.78, 5) is 0. The molecule has 0 aromatic rings. The topological polar surface area (TPSA) is 9.23 Å². The van der Waals surface area contributed by atoms with Crippen molar-refractivity contribution in [1.29, 1.82) is 0 Å². The Hall–Kier alpha value is 0.177. The second kappa shape index (κ2) is 9.23. The van der Waals surface area contributed by atoms with Gasteiger partial charge in [-0.3, -0.25) is 0 Å². The van der Waals surface area contributed by atoms with E-state index in [-0.39, 0.29) is 0 Å². The molecule has 0 aromatic heterocycles. The molecule has 1 nitrogen and oxygen atoms in total. The average molecular weight is 244 g/mol. The molecule has 0 aliphatic rings. The summed E-state index contributed by atoms with van der Waals surface area (Å²) in [5.74, 6) is 0.677. The SMILES string of the molecule is CCCCCCCC[Si](C)(C)OCC(C)C. The molecule has 0 heterocycles. The molecule has 0 unspecified atom stereocenters. The molecular formula is C14H32OSi. The molecule has 0 N–H and O–H groups in total. The van der Waals surface area contributed by atoms with Gasteiger partial charge in [-0.2, -0.15) is 0 Å². The quantitative estimate of drug-likeness (QED) is 0.378. The lowest BCUT2D eigenvalue weighted by molar-refractivity contribution is 0.260. The van der Waals surface area contributed by atoms with Gasteiger partial charge in [-0.15, -0.1) is 0 Å².